The molecule has 1 aromatic rings. The zero-order chi connectivity index (χ0) is 12.3. The lowest BCUT2D eigenvalue weighted by molar-refractivity contribution is 0.101. The number of benzene rings is 1. The first kappa shape index (κ1) is 12.1. The molecule has 1 saturated heterocycles. The van der Waals surface area contributed by atoms with Crippen molar-refractivity contribution in [1.29, 1.82) is 5.26 Å². The Bertz CT molecular complexity index is 402. The molecule has 2 nitrogen and oxygen atoms in total. The molecule has 1 fully saturated rings. The van der Waals surface area contributed by atoms with Gasteiger partial charge in [0.2, 0.25) is 0 Å². The molecule has 2 unspecified atom stereocenters. The number of rotatable bonds is 3. The van der Waals surface area contributed by atoms with Crippen LogP contribution < -0.4 is 0 Å². The van der Waals surface area contributed by atoms with Gasteiger partial charge in [0.1, 0.15) is 0 Å². The number of nitriles is 1. The van der Waals surface area contributed by atoms with Crippen molar-refractivity contribution in [2.75, 3.05) is 6.61 Å². The number of hydrogen-bond acceptors (Lipinski definition) is 2. The predicted molar refractivity (Wildman–Crippen MR) is 67.4 cm³/mol. The van der Waals surface area contributed by atoms with Gasteiger partial charge in [-0.15, -0.1) is 0 Å². The van der Waals surface area contributed by atoms with Crippen molar-refractivity contribution in [3.8, 4) is 6.07 Å². The largest absolute Gasteiger partial charge is 0.372 e. The molecule has 0 aromatic heterocycles. The van der Waals surface area contributed by atoms with E-state index in [2.05, 4.69) is 44.2 Å². The first-order chi connectivity index (χ1) is 8.20. The summed E-state index contributed by atoms with van der Waals surface area (Å²) in [5.41, 5.74) is 2.50. The molecule has 1 heterocycles. The van der Waals surface area contributed by atoms with E-state index in [1.54, 1.807) is 0 Å². The van der Waals surface area contributed by atoms with E-state index in [4.69, 9.17) is 10.00 Å². The summed E-state index contributed by atoms with van der Waals surface area (Å²) >= 11 is 0. The molecule has 0 bridgehead atoms. The Kier molecular flexibility index (Phi) is 3.81. The highest BCUT2D eigenvalue weighted by molar-refractivity contribution is 5.26. The molecule has 0 saturated carbocycles. The quantitative estimate of drug-likeness (QED) is 0.795. The van der Waals surface area contributed by atoms with Gasteiger partial charge in [-0.2, -0.15) is 5.26 Å². The van der Waals surface area contributed by atoms with E-state index in [0.29, 0.717) is 12.5 Å². The lowest BCUT2D eigenvalue weighted by Gasteiger charge is -2.14. The van der Waals surface area contributed by atoms with Crippen molar-refractivity contribution in [2.24, 2.45) is 11.8 Å². The first-order valence-corrected chi connectivity index (χ1v) is 6.30. The molecule has 0 N–H and O–H groups in total. The maximum Gasteiger partial charge on any atom is 0.0983 e. The summed E-state index contributed by atoms with van der Waals surface area (Å²) in [5.74, 6) is 0.696. The Morgan fingerprint density at radius 3 is 2.65 bits per heavy atom. The predicted octanol–water partition coefficient (Wildman–Crippen LogP) is 3.49. The Balaban J connectivity index is 2.10. The minimum Gasteiger partial charge on any atom is -0.372 e. The molecule has 1 aliphatic heterocycles. The van der Waals surface area contributed by atoms with Gasteiger partial charge in [-0.05, 0) is 29.9 Å². The third-order valence-corrected chi connectivity index (χ3v) is 3.21. The van der Waals surface area contributed by atoms with Crippen molar-refractivity contribution in [3.05, 3.63) is 35.4 Å². The lowest BCUT2D eigenvalue weighted by atomic mass is 9.94. The van der Waals surface area contributed by atoms with E-state index >= 15 is 0 Å². The van der Waals surface area contributed by atoms with Gasteiger partial charge in [0.25, 0.3) is 0 Å². The van der Waals surface area contributed by atoms with Crippen LogP contribution in [0.3, 0.4) is 0 Å². The van der Waals surface area contributed by atoms with E-state index in [1.165, 1.54) is 5.56 Å². The molecule has 0 aliphatic carbocycles. The molecule has 1 aliphatic rings. The Morgan fingerprint density at radius 1 is 1.35 bits per heavy atom. The van der Waals surface area contributed by atoms with E-state index in [-0.39, 0.29) is 12.0 Å². The highest BCUT2D eigenvalue weighted by Gasteiger charge is 2.29. The topological polar surface area (TPSA) is 33.0 Å². The molecule has 1 aromatic carbocycles. The van der Waals surface area contributed by atoms with Crippen molar-refractivity contribution >= 4 is 0 Å². The van der Waals surface area contributed by atoms with Gasteiger partial charge in [0.15, 0.2) is 0 Å². The molecule has 90 valence electrons. The smallest absolute Gasteiger partial charge is 0.0983 e. The van der Waals surface area contributed by atoms with Crippen LogP contribution in [0.1, 0.15) is 37.5 Å². The third kappa shape index (κ3) is 2.87. The number of nitrogens with zero attached hydrogens (tertiary/aromatic N) is 1. The summed E-state index contributed by atoms with van der Waals surface area (Å²) in [6, 6.07) is 10.9. The lowest BCUT2D eigenvalue weighted by Crippen LogP contribution is -2.05. The Labute approximate surface area is 103 Å². The monoisotopic (exact) mass is 229 g/mol. The van der Waals surface area contributed by atoms with Crippen LogP contribution in [0.2, 0.25) is 0 Å². The maximum absolute atomic E-state index is 9.04. The molecule has 2 atom stereocenters. The number of ether oxygens (including phenoxy) is 1. The van der Waals surface area contributed by atoms with Crippen LogP contribution in [-0.4, -0.2) is 6.61 Å². The molecule has 17 heavy (non-hydrogen) atoms. The molecule has 2 heteroatoms. The Hall–Kier alpha value is -1.33. The van der Waals surface area contributed by atoms with Crippen molar-refractivity contribution in [3.63, 3.8) is 0 Å². The minimum atomic E-state index is -0.0203. The van der Waals surface area contributed by atoms with E-state index in [1.807, 2.05) is 0 Å². The summed E-state index contributed by atoms with van der Waals surface area (Å²) in [5, 5.41) is 9.04. The van der Waals surface area contributed by atoms with Crippen LogP contribution in [0.4, 0.5) is 0 Å². The van der Waals surface area contributed by atoms with E-state index in [0.717, 1.165) is 18.4 Å². The third-order valence-electron chi connectivity index (χ3n) is 3.21. The fourth-order valence-electron chi connectivity index (χ4n) is 2.37. The second-order valence-electron chi connectivity index (χ2n) is 5.16. The summed E-state index contributed by atoms with van der Waals surface area (Å²) in [6.45, 7) is 5.15. The highest BCUT2D eigenvalue weighted by atomic mass is 16.5. The first-order valence-electron chi connectivity index (χ1n) is 6.30. The fraction of sp³-hybridized carbons (Fsp3) is 0.533. The average Bonchev–Trinajstić information content (AvgIpc) is 2.77. The normalized spacial score (nSPS) is 23.9. The second kappa shape index (κ2) is 5.33. The van der Waals surface area contributed by atoms with E-state index in [9.17, 15) is 0 Å². The van der Waals surface area contributed by atoms with Gasteiger partial charge in [0.05, 0.1) is 18.1 Å². The molecular weight excluding hydrogens is 210 g/mol. The second-order valence-corrected chi connectivity index (χ2v) is 5.16. The zero-order valence-corrected chi connectivity index (χ0v) is 10.5. The summed E-state index contributed by atoms with van der Waals surface area (Å²) in [7, 11) is 0. The molecule has 0 spiro atoms. The minimum absolute atomic E-state index is 0.0194. The molecule has 0 amide bonds. The maximum atomic E-state index is 9.04. The van der Waals surface area contributed by atoms with Gasteiger partial charge in [-0.3, -0.25) is 0 Å². The molecule has 2 rings (SSSR count). The summed E-state index contributed by atoms with van der Waals surface area (Å²) in [4.78, 5) is 0. The van der Waals surface area contributed by atoms with Crippen molar-refractivity contribution < 1.29 is 4.74 Å². The van der Waals surface area contributed by atoms with Crippen LogP contribution >= 0.6 is 0 Å². The van der Waals surface area contributed by atoms with Crippen LogP contribution in [0.15, 0.2) is 24.3 Å². The molecular formula is C15H19NO. The summed E-state index contributed by atoms with van der Waals surface area (Å²) in [6.07, 6.45) is 1.94. The van der Waals surface area contributed by atoms with Crippen molar-refractivity contribution in [2.45, 2.75) is 32.8 Å². The van der Waals surface area contributed by atoms with E-state index < -0.39 is 0 Å². The van der Waals surface area contributed by atoms with Crippen LogP contribution in [0.25, 0.3) is 0 Å². The van der Waals surface area contributed by atoms with Gasteiger partial charge >= 0.3 is 0 Å². The van der Waals surface area contributed by atoms with Crippen LogP contribution in [0.5, 0.6) is 0 Å². The fourth-order valence-corrected chi connectivity index (χ4v) is 2.37. The van der Waals surface area contributed by atoms with Crippen molar-refractivity contribution in [1.82, 2.24) is 0 Å². The highest BCUT2D eigenvalue weighted by Crippen LogP contribution is 2.34. The van der Waals surface area contributed by atoms with Crippen LogP contribution in [0, 0.1) is 23.2 Å². The standard InChI is InChI=1S/C15H19NO/c1-11(2)9-12-3-5-13(6-4-12)15-14(10-16)7-8-17-15/h3-6,11,14-15H,7-9H2,1-2H3. The molecule has 0 radical (unpaired) electrons. The zero-order valence-electron chi connectivity index (χ0n) is 10.5. The van der Waals surface area contributed by atoms with Gasteiger partial charge < -0.3 is 4.74 Å². The van der Waals surface area contributed by atoms with Gasteiger partial charge in [0, 0.05) is 6.61 Å². The van der Waals surface area contributed by atoms with Gasteiger partial charge in [-0.1, -0.05) is 38.1 Å². The average molecular weight is 229 g/mol. The SMILES string of the molecule is CC(C)Cc1ccc(C2OCCC2C#N)cc1. The number of hydrogen-bond donors (Lipinski definition) is 0. The van der Waals surface area contributed by atoms with Crippen LogP contribution in [-0.2, 0) is 11.2 Å². The van der Waals surface area contributed by atoms with Gasteiger partial charge in [-0.25, -0.2) is 0 Å². The Morgan fingerprint density at radius 2 is 2.06 bits per heavy atom. The summed E-state index contributed by atoms with van der Waals surface area (Å²) < 4.78 is 5.64.